The summed E-state index contributed by atoms with van der Waals surface area (Å²) in [6.45, 7) is 31.0. The van der Waals surface area contributed by atoms with Gasteiger partial charge in [0.05, 0.1) is 12.6 Å². The summed E-state index contributed by atoms with van der Waals surface area (Å²) in [7, 11) is 0. The number of rotatable bonds is 4. The normalized spacial score (nSPS) is 22.4. The molecule has 5 heteroatoms. The highest BCUT2D eigenvalue weighted by Gasteiger charge is 2.41. The van der Waals surface area contributed by atoms with Gasteiger partial charge in [0.2, 0.25) is 0 Å². The van der Waals surface area contributed by atoms with E-state index in [2.05, 4.69) is 113 Å². The fourth-order valence-electron chi connectivity index (χ4n) is 8.47. The van der Waals surface area contributed by atoms with E-state index in [0.29, 0.717) is 17.1 Å². The molecule has 2 aromatic rings. The maximum atomic E-state index is 9.79. The molecular weight excluding hydrogens is 601 g/mol. The molecular formula is C44H50N4O. The standard InChI is InChI=1S/C44H50N4O/c1-41(2)14-18-47-19-15-42(3,4)35-23-29(22-34(41)39(35)47)10-12-32-26-31(38(28-45)46-9)27-33(49-32)13-11-30-24-36-40-37(25-30)44(7,8)17-21-48(40)20-16-43(36,5)6/h10-13,22-27H,14-21H2,1-8H3/b12-10+,13-11+. The lowest BCUT2D eigenvalue weighted by Gasteiger charge is -2.48. The van der Waals surface area contributed by atoms with Crippen LogP contribution in [0.2, 0.25) is 0 Å². The number of anilines is 2. The van der Waals surface area contributed by atoms with Crippen LogP contribution in [0.3, 0.4) is 0 Å². The molecule has 0 amide bonds. The maximum absolute atomic E-state index is 9.79. The third-order valence-corrected chi connectivity index (χ3v) is 12.0. The summed E-state index contributed by atoms with van der Waals surface area (Å²) in [5.41, 5.74) is 11.9. The molecule has 5 heterocycles. The molecule has 0 atom stereocenters. The Bertz CT molecular complexity index is 1760. The van der Waals surface area contributed by atoms with Gasteiger partial charge in [-0.15, -0.1) is 0 Å². The number of nitrogens with zero attached hydrogens (tertiary/aromatic N) is 4. The van der Waals surface area contributed by atoms with Crippen LogP contribution in [0.15, 0.2) is 71.4 Å². The van der Waals surface area contributed by atoms with Crippen molar-refractivity contribution in [1.29, 1.82) is 5.26 Å². The fourth-order valence-corrected chi connectivity index (χ4v) is 8.47. The molecule has 0 bridgehead atoms. The Kier molecular flexibility index (Phi) is 7.79. The first-order chi connectivity index (χ1) is 23.1. The van der Waals surface area contributed by atoms with Crippen LogP contribution in [0.4, 0.5) is 11.4 Å². The number of benzene rings is 2. The number of ether oxygens (including phenoxy) is 1. The average molecular weight is 651 g/mol. The van der Waals surface area contributed by atoms with Crippen LogP contribution >= 0.6 is 0 Å². The van der Waals surface area contributed by atoms with Crippen LogP contribution in [0.1, 0.15) is 114 Å². The van der Waals surface area contributed by atoms with E-state index in [1.807, 2.05) is 24.3 Å². The predicted molar refractivity (Wildman–Crippen MR) is 202 cm³/mol. The van der Waals surface area contributed by atoms with Crippen LogP contribution in [0.5, 0.6) is 0 Å². The lowest BCUT2D eigenvalue weighted by Crippen LogP contribution is -2.44. The molecule has 0 saturated carbocycles. The second kappa shape index (κ2) is 11.6. The first kappa shape index (κ1) is 33.0. The van der Waals surface area contributed by atoms with Crippen LogP contribution in [0, 0.1) is 17.9 Å². The Morgan fingerprint density at radius 2 is 1.00 bits per heavy atom. The van der Waals surface area contributed by atoms with Crippen molar-refractivity contribution >= 4 is 23.5 Å². The van der Waals surface area contributed by atoms with Crippen molar-refractivity contribution in [2.45, 2.75) is 103 Å². The maximum Gasteiger partial charge on any atom is 0.269 e. The molecule has 0 aromatic heterocycles. The number of nitriles is 1. The number of hydrogen-bond acceptors (Lipinski definition) is 4. The van der Waals surface area contributed by atoms with Gasteiger partial charge in [0.15, 0.2) is 0 Å². The topological polar surface area (TPSA) is 43.9 Å². The van der Waals surface area contributed by atoms with Gasteiger partial charge >= 0.3 is 0 Å². The Labute approximate surface area is 293 Å². The molecule has 0 N–H and O–H groups in total. The van der Waals surface area contributed by atoms with Crippen LogP contribution in [0.25, 0.3) is 17.0 Å². The Balaban J connectivity index is 1.24. The molecule has 0 fully saturated rings. The van der Waals surface area contributed by atoms with Crippen molar-refractivity contribution in [1.82, 2.24) is 0 Å². The van der Waals surface area contributed by atoms with Crippen molar-refractivity contribution in [2.75, 3.05) is 36.0 Å². The van der Waals surface area contributed by atoms with E-state index < -0.39 is 0 Å². The second-order valence-electron chi connectivity index (χ2n) is 17.3. The molecule has 252 valence electrons. The van der Waals surface area contributed by atoms with Crippen molar-refractivity contribution < 1.29 is 4.74 Å². The van der Waals surface area contributed by atoms with Crippen molar-refractivity contribution in [3.8, 4) is 6.07 Å². The first-order valence-electron chi connectivity index (χ1n) is 18.0. The number of hydrogen-bond donors (Lipinski definition) is 0. The van der Waals surface area contributed by atoms with Gasteiger partial charge < -0.3 is 14.5 Å². The van der Waals surface area contributed by atoms with E-state index in [4.69, 9.17) is 11.3 Å². The monoisotopic (exact) mass is 650 g/mol. The van der Waals surface area contributed by atoms with E-state index in [-0.39, 0.29) is 27.4 Å². The first-order valence-corrected chi connectivity index (χ1v) is 18.0. The van der Waals surface area contributed by atoms with Gasteiger partial charge in [-0.2, -0.15) is 0 Å². The van der Waals surface area contributed by atoms with Crippen molar-refractivity contribution in [3.05, 3.63) is 116 Å². The molecule has 49 heavy (non-hydrogen) atoms. The molecule has 5 aliphatic rings. The zero-order valence-corrected chi connectivity index (χ0v) is 30.6. The van der Waals surface area contributed by atoms with Gasteiger partial charge in [-0.25, -0.2) is 10.1 Å². The Morgan fingerprint density at radius 3 is 1.31 bits per heavy atom. The van der Waals surface area contributed by atoms with E-state index in [9.17, 15) is 5.26 Å². The zero-order chi connectivity index (χ0) is 34.9. The lowest BCUT2D eigenvalue weighted by atomic mass is 9.69. The van der Waals surface area contributed by atoms with E-state index >= 15 is 0 Å². The SMILES string of the molecule is [C-]#[N+]C(C#N)=C1C=C(/C=C/c2cc3c4c(c2)C(C)(C)CCN4CCC3(C)C)OC(/C=C/c2cc3c4c(c2)C(C)(C)CCN4CCC3(C)C)=C1. The van der Waals surface area contributed by atoms with Crippen molar-refractivity contribution in [2.24, 2.45) is 0 Å². The van der Waals surface area contributed by atoms with Crippen molar-refractivity contribution in [3.63, 3.8) is 0 Å². The minimum atomic E-state index is 0.0590. The van der Waals surface area contributed by atoms with Gasteiger partial charge in [0.25, 0.3) is 5.70 Å². The van der Waals surface area contributed by atoms with Gasteiger partial charge in [0.1, 0.15) is 11.5 Å². The highest BCUT2D eigenvalue weighted by molar-refractivity contribution is 5.74. The molecule has 0 radical (unpaired) electrons. The lowest BCUT2D eigenvalue weighted by molar-refractivity contribution is 0.332. The van der Waals surface area contributed by atoms with Gasteiger partial charge in [-0.3, -0.25) is 0 Å². The molecule has 5 nitrogen and oxygen atoms in total. The van der Waals surface area contributed by atoms with Crippen LogP contribution in [-0.4, -0.2) is 26.2 Å². The third kappa shape index (κ3) is 5.82. The summed E-state index contributed by atoms with van der Waals surface area (Å²) in [6, 6.07) is 11.5. The zero-order valence-electron chi connectivity index (χ0n) is 30.6. The van der Waals surface area contributed by atoms with E-state index in [0.717, 1.165) is 63.0 Å². The van der Waals surface area contributed by atoms with E-state index in [1.54, 1.807) is 0 Å². The van der Waals surface area contributed by atoms with Crippen LogP contribution in [-0.2, 0) is 26.4 Å². The minimum absolute atomic E-state index is 0.0590. The summed E-state index contributed by atoms with van der Waals surface area (Å²) in [6.07, 6.45) is 16.4. The summed E-state index contributed by atoms with van der Waals surface area (Å²) in [4.78, 5) is 8.71. The largest absolute Gasteiger partial charge is 0.457 e. The molecule has 2 aromatic carbocycles. The molecule has 7 rings (SSSR count). The molecule has 0 aliphatic carbocycles. The van der Waals surface area contributed by atoms with Gasteiger partial charge in [-0.1, -0.05) is 67.5 Å². The smallest absolute Gasteiger partial charge is 0.269 e. The average Bonchev–Trinajstić information content (AvgIpc) is 3.05. The summed E-state index contributed by atoms with van der Waals surface area (Å²) >= 11 is 0. The Hall–Kier alpha value is -4.48. The van der Waals surface area contributed by atoms with Crippen LogP contribution < -0.4 is 9.80 Å². The molecule has 0 spiro atoms. The molecule has 5 aliphatic heterocycles. The van der Waals surface area contributed by atoms with E-state index in [1.165, 1.54) is 33.6 Å². The van der Waals surface area contributed by atoms with Gasteiger partial charge in [0, 0.05) is 37.6 Å². The highest BCUT2D eigenvalue weighted by Crippen LogP contribution is 2.51. The second-order valence-corrected chi connectivity index (χ2v) is 17.3. The predicted octanol–water partition coefficient (Wildman–Crippen LogP) is 10.2. The van der Waals surface area contributed by atoms with Gasteiger partial charge in [-0.05, 0) is 135 Å². The molecule has 0 unspecified atom stereocenters. The summed E-state index contributed by atoms with van der Waals surface area (Å²) in [5, 5.41) is 9.79. The molecule has 0 saturated heterocycles. The summed E-state index contributed by atoms with van der Waals surface area (Å²) < 4.78 is 6.44. The Morgan fingerprint density at radius 1 is 0.653 bits per heavy atom. The minimum Gasteiger partial charge on any atom is -0.457 e. The fraction of sp³-hybridized carbons (Fsp3) is 0.455. The quantitative estimate of drug-likeness (QED) is 0.244. The third-order valence-electron chi connectivity index (χ3n) is 12.0. The summed E-state index contributed by atoms with van der Waals surface area (Å²) in [5.74, 6) is 1.22. The number of allylic oxidation sites excluding steroid dienone is 6. The highest BCUT2D eigenvalue weighted by atomic mass is 16.5.